The summed E-state index contributed by atoms with van der Waals surface area (Å²) in [5, 5.41) is 0. The van der Waals surface area contributed by atoms with E-state index in [1.165, 1.54) is 31.0 Å². The highest BCUT2D eigenvalue weighted by Crippen LogP contribution is 2.34. The number of nitrogens with zero attached hydrogens (tertiary/aromatic N) is 1. The number of rotatable bonds is 6. The second-order valence-electron chi connectivity index (χ2n) is 5.46. The van der Waals surface area contributed by atoms with Crippen molar-refractivity contribution in [3.63, 3.8) is 0 Å². The normalized spacial score (nSPS) is 24.9. The molecule has 1 unspecified atom stereocenters. The number of unbranched alkanes of at least 4 members (excludes halogenated alkanes) is 3. The first-order valence-electron chi connectivity index (χ1n) is 7.63. The molecule has 1 fully saturated rings. The first-order valence-corrected chi connectivity index (χ1v) is 8.85. The van der Waals surface area contributed by atoms with Gasteiger partial charge in [0, 0.05) is 6.54 Å². The summed E-state index contributed by atoms with van der Waals surface area (Å²) in [4.78, 5) is 15.0. The highest BCUT2D eigenvalue weighted by atomic mass is 32.2. The highest BCUT2D eigenvalue weighted by Gasteiger charge is 2.31. The summed E-state index contributed by atoms with van der Waals surface area (Å²) < 4.78 is 0.740. The number of carbonyl (C=O) groups is 1. The zero-order valence-corrected chi connectivity index (χ0v) is 13.8. The Kier molecular flexibility index (Phi) is 6.30. The largest absolute Gasteiger partial charge is 0.293 e. The van der Waals surface area contributed by atoms with E-state index in [0.29, 0.717) is 5.92 Å². The summed E-state index contributed by atoms with van der Waals surface area (Å²) in [6, 6.07) is 0. The van der Waals surface area contributed by atoms with Crippen molar-refractivity contribution < 1.29 is 4.79 Å². The predicted octanol–water partition coefficient (Wildman–Crippen LogP) is 4.67. The molecule has 0 aromatic carbocycles. The molecular formula is C16H23NOS2. The Morgan fingerprint density at radius 2 is 2.25 bits per heavy atom. The van der Waals surface area contributed by atoms with Crippen molar-refractivity contribution >= 4 is 34.2 Å². The minimum Gasteiger partial charge on any atom is -0.293 e. The third-order valence-electron chi connectivity index (χ3n) is 3.81. The van der Waals surface area contributed by atoms with Gasteiger partial charge >= 0.3 is 0 Å². The molecule has 0 N–H and O–H groups in total. The Labute approximate surface area is 131 Å². The Hall–Kier alpha value is -0.610. The summed E-state index contributed by atoms with van der Waals surface area (Å²) >= 11 is 6.84. The third kappa shape index (κ3) is 4.19. The lowest BCUT2D eigenvalue weighted by atomic mass is 9.94. The maximum absolute atomic E-state index is 12.4. The lowest BCUT2D eigenvalue weighted by Gasteiger charge is -2.15. The smallest absolute Gasteiger partial charge is 0.265 e. The van der Waals surface area contributed by atoms with Gasteiger partial charge in [-0.15, -0.1) is 0 Å². The van der Waals surface area contributed by atoms with Crippen molar-refractivity contribution in [3.8, 4) is 0 Å². The zero-order chi connectivity index (χ0) is 14.4. The van der Waals surface area contributed by atoms with Crippen LogP contribution in [0.5, 0.6) is 0 Å². The molecule has 110 valence electrons. The van der Waals surface area contributed by atoms with E-state index in [4.69, 9.17) is 12.2 Å². The van der Waals surface area contributed by atoms with E-state index < -0.39 is 0 Å². The Morgan fingerprint density at radius 1 is 1.40 bits per heavy atom. The van der Waals surface area contributed by atoms with E-state index in [2.05, 4.69) is 25.2 Å². The van der Waals surface area contributed by atoms with Gasteiger partial charge in [0.05, 0.1) is 4.91 Å². The van der Waals surface area contributed by atoms with E-state index in [0.717, 1.165) is 41.5 Å². The molecule has 0 spiro atoms. The number of thiocarbonyl (C=S) groups is 1. The summed E-state index contributed by atoms with van der Waals surface area (Å²) in [5.41, 5.74) is 0. The summed E-state index contributed by atoms with van der Waals surface area (Å²) in [6.07, 6.45) is 14.6. The topological polar surface area (TPSA) is 20.3 Å². The summed E-state index contributed by atoms with van der Waals surface area (Å²) in [7, 11) is 0. The number of carbonyl (C=O) groups excluding carboxylic acids is 1. The lowest BCUT2D eigenvalue weighted by molar-refractivity contribution is -0.122. The number of amides is 1. The van der Waals surface area contributed by atoms with Crippen molar-refractivity contribution in [2.45, 2.75) is 51.9 Å². The quantitative estimate of drug-likeness (QED) is 0.308. The molecule has 2 rings (SSSR count). The van der Waals surface area contributed by atoms with Gasteiger partial charge in [0.1, 0.15) is 4.32 Å². The second-order valence-corrected chi connectivity index (χ2v) is 7.14. The minimum atomic E-state index is 0.131. The van der Waals surface area contributed by atoms with Crippen LogP contribution in [0.2, 0.25) is 0 Å². The SMILES string of the molecule is CCCCCCN1C(=O)/C(=C\C2CC=CCC2)SC1=S. The molecule has 0 aromatic heterocycles. The molecule has 4 heteroatoms. The van der Waals surface area contributed by atoms with Gasteiger partial charge in [-0.3, -0.25) is 9.69 Å². The highest BCUT2D eigenvalue weighted by molar-refractivity contribution is 8.26. The van der Waals surface area contributed by atoms with Gasteiger partial charge < -0.3 is 0 Å². The molecular weight excluding hydrogens is 286 g/mol. The van der Waals surface area contributed by atoms with E-state index in [1.54, 1.807) is 4.90 Å². The standard InChI is InChI=1S/C16H23NOS2/c1-2-3-4-8-11-17-15(18)14(20-16(17)19)12-13-9-6-5-7-10-13/h5-6,12-13H,2-4,7-11H2,1H3/b14-12+. The minimum absolute atomic E-state index is 0.131. The van der Waals surface area contributed by atoms with Gasteiger partial charge in [-0.25, -0.2) is 0 Å². The average molecular weight is 310 g/mol. The van der Waals surface area contributed by atoms with Crippen LogP contribution in [0.25, 0.3) is 0 Å². The molecule has 0 bridgehead atoms. The predicted molar refractivity (Wildman–Crippen MR) is 90.6 cm³/mol. The van der Waals surface area contributed by atoms with Crippen LogP contribution < -0.4 is 0 Å². The van der Waals surface area contributed by atoms with Crippen molar-refractivity contribution in [2.75, 3.05) is 6.54 Å². The molecule has 1 heterocycles. The van der Waals surface area contributed by atoms with E-state index in [-0.39, 0.29) is 5.91 Å². The van der Waals surface area contributed by atoms with Crippen LogP contribution in [0.3, 0.4) is 0 Å². The molecule has 1 aliphatic carbocycles. The van der Waals surface area contributed by atoms with E-state index >= 15 is 0 Å². The molecule has 1 aliphatic heterocycles. The number of thioether (sulfide) groups is 1. The van der Waals surface area contributed by atoms with Crippen LogP contribution in [0.4, 0.5) is 0 Å². The van der Waals surface area contributed by atoms with E-state index in [1.807, 2.05) is 0 Å². The lowest BCUT2D eigenvalue weighted by Crippen LogP contribution is -2.29. The van der Waals surface area contributed by atoms with Gasteiger partial charge in [0.15, 0.2) is 0 Å². The molecule has 2 aliphatic rings. The maximum atomic E-state index is 12.4. The van der Waals surface area contributed by atoms with Gasteiger partial charge in [0.25, 0.3) is 5.91 Å². The fraction of sp³-hybridized carbons (Fsp3) is 0.625. The molecule has 20 heavy (non-hydrogen) atoms. The Bertz CT molecular complexity index is 428. The first-order chi connectivity index (χ1) is 9.72. The van der Waals surface area contributed by atoms with Crippen LogP contribution in [0.1, 0.15) is 51.9 Å². The monoisotopic (exact) mass is 309 g/mol. The number of allylic oxidation sites excluding steroid dienone is 3. The van der Waals surface area contributed by atoms with Crippen molar-refractivity contribution in [1.82, 2.24) is 4.90 Å². The zero-order valence-electron chi connectivity index (χ0n) is 12.1. The molecule has 0 radical (unpaired) electrons. The molecule has 1 atom stereocenters. The Morgan fingerprint density at radius 3 is 2.95 bits per heavy atom. The molecule has 0 saturated carbocycles. The molecule has 0 aromatic rings. The van der Waals surface area contributed by atoms with Gasteiger partial charge in [-0.1, -0.05) is 68.4 Å². The third-order valence-corrected chi connectivity index (χ3v) is 5.20. The molecule has 1 amide bonds. The van der Waals surface area contributed by atoms with Crippen LogP contribution in [-0.4, -0.2) is 21.7 Å². The molecule has 2 nitrogen and oxygen atoms in total. The van der Waals surface area contributed by atoms with E-state index in [9.17, 15) is 4.79 Å². The first kappa shape index (κ1) is 15.8. The second kappa shape index (κ2) is 7.99. The average Bonchev–Trinajstić information content (AvgIpc) is 2.72. The fourth-order valence-electron chi connectivity index (χ4n) is 2.59. The van der Waals surface area contributed by atoms with Crippen LogP contribution in [0, 0.1) is 5.92 Å². The van der Waals surface area contributed by atoms with Gasteiger partial charge in [0.2, 0.25) is 0 Å². The molecule has 1 saturated heterocycles. The van der Waals surface area contributed by atoms with Gasteiger partial charge in [-0.05, 0) is 31.6 Å². The van der Waals surface area contributed by atoms with Crippen LogP contribution in [0.15, 0.2) is 23.1 Å². The Balaban J connectivity index is 1.90. The van der Waals surface area contributed by atoms with Crippen LogP contribution >= 0.6 is 24.0 Å². The van der Waals surface area contributed by atoms with Gasteiger partial charge in [-0.2, -0.15) is 0 Å². The van der Waals surface area contributed by atoms with Crippen molar-refractivity contribution in [3.05, 3.63) is 23.1 Å². The number of hydrogen-bond donors (Lipinski definition) is 0. The summed E-state index contributed by atoms with van der Waals surface area (Å²) in [5.74, 6) is 0.639. The number of hydrogen-bond acceptors (Lipinski definition) is 3. The fourth-order valence-corrected chi connectivity index (χ4v) is 3.96. The van der Waals surface area contributed by atoms with Crippen LogP contribution in [-0.2, 0) is 4.79 Å². The summed E-state index contributed by atoms with van der Waals surface area (Å²) in [6.45, 7) is 2.98. The van der Waals surface area contributed by atoms with Crippen molar-refractivity contribution in [2.24, 2.45) is 5.92 Å². The maximum Gasteiger partial charge on any atom is 0.265 e. The van der Waals surface area contributed by atoms with Crippen molar-refractivity contribution in [1.29, 1.82) is 0 Å².